The van der Waals surface area contributed by atoms with E-state index in [4.69, 9.17) is 5.84 Å². The molecule has 3 N–H and O–H groups in total. The third kappa shape index (κ3) is 2.78. The van der Waals surface area contributed by atoms with Gasteiger partial charge in [0.15, 0.2) is 0 Å². The van der Waals surface area contributed by atoms with Crippen LogP contribution in [-0.4, -0.2) is 9.97 Å². The third-order valence-electron chi connectivity index (χ3n) is 3.01. The molecule has 2 rings (SSSR count). The van der Waals surface area contributed by atoms with Crippen LogP contribution in [0.1, 0.15) is 28.3 Å². The van der Waals surface area contributed by atoms with Crippen LogP contribution in [0.25, 0.3) is 0 Å². The lowest BCUT2D eigenvalue weighted by Crippen LogP contribution is -2.31. The predicted octanol–water partition coefficient (Wildman–Crippen LogP) is 2.36. The van der Waals surface area contributed by atoms with Gasteiger partial charge in [0.25, 0.3) is 0 Å². The number of nitrogens with zero attached hydrogens (tertiary/aromatic N) is 2. The number of hydrogen-bond acceptors (Lipinski definition) is 4. The highest BCUT2D eigenvalue weighted by Gasteiger charge is 2.35. The standard InChI is InChI=1S/C13H13F3N4/c1-8-6-18-4-2-9(8)12(20-17)10-7-19-5-3-11(10)13(14,15)16/h2-7,12,20H,17H2,1H3. The number of alkyl halides is 3. The van der Waals surface area contributed by atoms with Crippen molar-refractivity contribution in [2.24, 2.45) is 5.84 Å². The van der Waals surface area contributed by atoms with E-state index in [9.17, 15) is 13.2 Å². The lowest BCUT2D eigenvalue weighted by Gasteiger charge is -2.22. The van der Waals surface area contributed by atoms with Gasteiger partial charge in [-0.15, -0.1) is 0 Å². The van der Waals surface area contributed by atoms with E-state index >= 15 is 0 Å². The number of halogens is 3. The van der Waals surface area contributed by atoms with Crippen molar-refractivity contribution in [2.75, 3.05) is 0 Å². The van der Waals surface area contributed by atoms with Gasteiger partial charge < -0.3 is 0 Å². The summed E-state index contributed by atoms with van der Waals surface area (Å²) in [6, 6.07) is 1.77. The topological polar surface area (TPSA) is 63.8 Å². The Morgan fingerprint density at radius 1 is 1.10 bits per heavy atom. The Kier molecular flexibility index (Phi) is 4.01. The summed E-state index contributed by atoms with van der Waals surface area (Å²) in [6.07, 6.45) is 0.903. The van der Waals surface area contributed by atoms with Crippen LogP contribution in [0.4, 0.5) is 13.2 Å². The molecule has 0 aliphatic carbocycles. The molecule has 0 aromatic carbocycles. The summed E-state index contributed by atoms with van der Waals surface area (Å²) in [5.41, 5.74) is 3.01. The summed E-state index contributed by atoms with van der Waals surface area (Å²) < 4.78 is 39.2. The normalized spacial score (nSPS) is 13.2. The first-order chi connectivity index (χ1) is 9.45. The highest BCUT2D eigenvalue weighted by atomic mass is 19.4. The van der Waals surface area contributed by atoms with Gasteiger partial charge in [0.2, 0.25) is 0 Å². The van der Waals surface area contributed by atoms with Gasteiger partial charge in [-0.1, -0.05) is 0 Å². The zero-order chi connectivity index (χ0) is 14.8. The van der Waals surface area contributed by atoms with Crippen LogP contribution in [-0.2, 0) is 6.18 Å². The first kappa shape index (κ1) is 14.4. The molecule has 20 heavy (non-hydrogen) atoms. The molecular weight excluding hydrogens is 269 g/mol. The molecule has 0 fully saturated rings. The zero-order valence-corrected chi connectivity index (χ0v) is 10.6. The van der Waals surface area contributed by atoms with Crippen LogP contribution in [0, 0.1) is 6.92 Å². The fraction of sp³-hybridized carbons (Fsp3) is 0.231. The third-order valence-corrected chi connectivity index (χ3v) is 3.01. The minimum absolute atomic E-state index is 0.0169. The maximum atomic E-state index is 13.1. The zero-order valence-electron chi connectivity index (χ0n) is 10.6. The van der Waals surface area contributed by atoms with Crippen LogP contribution >= 0.6 is 0 Å². The lowest BCUT2D eigenvalue weighted by atomic mass is 9.94. The Bertz CT molecular complexity index is 598. The Morgan fingerprint density at radius 3 is 2.35 bits per heavy atom. The average Bonchev–Trinajstić information content (AvgIpc) is 2.41. The largest absolute Gasteiger partial charge is 0.416 e. The summed E-state index contributed by atoms with van der Waals surface area (Å²) in [5.74, 6) is 5.45. The SMILES string of the molecule is Cc1cnccc1C(NN)c1cnccc1C(F)(F)F. The summed E-state index contributed by atoms with van der Waals surface area (Å²) in [7, 11) is 0. The molecule has 0 aliphatic rings. The highest BCUT2D eigenvalue weighted by Crippen LogP contribution is 2.36. The van der Waals surface area contributed by atoms with Crippen LogP contribution < -0.4 is 11.3 Å². The molecule has 0 amide bonds. The van der Waals surface area contributed by atoms with Crippen molar-refractivity contribution in [2.45, 2.75) is 19.1 Å². The van der Waals surface area contributed by atoms with Crippen LogP contribution in [0.5, 0.6) is 0 Å². The van der Waals surface area contributed by atoms with Crippen molar-refractivity contribution in [1.82, 2.24) is 15.4 Å². The molecule has 0 spiro atoms. The lowest BCUT2D eigenvalue weighted by molar-refractivity contribution is -0.138. The summed E-state index contributed by atoms with van der Waals surface area (Å²) in [6.45, 7) is 1.76. The van der Waals surface area contributed by atoms with Crippen LogP contribution in [0.2, 0.25) is 0 Å². The van der Waals surface area contributed by atoms with Gasteiger partial charge in [-0.3, -0.25) is 15.8 Å². The van der Waals surface area contributed by atoms with Crippen molar-refractivity contribution < 1.29 is 13.2 Å². The number of rotatable bonds is 3. The number of nitrogens with one attached hydrogen (secondary N) is 1. The Labute approximate surface area is 113 Å². The van der Waals surface area contributed by atoms with E-state index in [2.05, 4.69) is 15.4 Å². The molecule has 2 aromatic rings. The monoisotopic (exact) mass is 282 g/mol. The highest BCUT2D eigenvalue weighted by molar-refractivity contribution is 5.39. The predicted molar refractivity (Wildman–Crippen MR) is 67.4 cm³/mol. The van der Waals surface area contributed by atoms with E-state index in [-0.39, 0.29) is 5.56 Å². The van der Waals surface area contributed by atoms with Gasteiger partial charge in [-0.2, -0.15) is 13.2 Å². The number of hydrogen-bond donors (Lipinski definition) is 2. The average molecular weight is 282 g/mol. The molecule has 106 valence electrons. The summed E-state index contributed by atoms with van der Waals surface area (Å²) in [5, 5.41) is 0. The van der Waals surface area contributed by atoms with Gasteiger partial charge in [0.05, 0.1) is 11.6 Å². The second kappa shape index (κ2) is 5.56. The fourth-order valence-electron chi connectivity index (χ4n) is 2.05. The number of aromatic nitrogens is 2. The molecule has 1 atom stereocenters. The van der Waals surface area contributed by atoms with Gasteiger partial charge in [-0.25, -0.2) is 5.43 Å². The van der Waals surface area contributed by atoms with Gasteiger partial charge >= 0.3 is 6.18 Å². The number of aryl methyl sites for hydroxylation is 1. The van der Waals surface area contributed by atoms with Crippen molar-refractivity contribution in [1.29, 1.82) is 0 Å². The molecular formula is C13H13F3N4. The number of hydrazine groups is 1. The van der Waals surface area contributed by atoms with Crippen molar-refractivity contribution in [3.63, 3.8) is 0 Å². The summed E-state index contributed by atoms with van der Waals surface area (Å²) >= 11 is 0. The van der Waals surface area contributed by atoms with E-state index in [1.807, 2.05) is 0 Å². The Morgan fingerprint density at radius 2 is 1.75 bits per heavy atom. The van der Waals surface area contributed by atoms with Crippen LogP contribution in [0.15, 0.2) is 36.9 Å². The first-order valence-corrected chi connectivity index (χ1v) is 5.83. The first-order valence-electron chi connectivity index (χ1n) is 5.83. The molecule has 0 bridgehead atoms. The molecule has 0 saturated carbocycles. The van der Waals surface area contributed by atoms with Crippen molar-refractivity contribution in [3.05, 3.63) is 59.2 Å². The second-order valence-electron chi connectivity index (χ2n) is 4.29. The van der Waals surface area contributed by atoms with Gasteiger partial charge in [-0.05, 0) is 30.2 Å². The van der Waals surface area contributed by atoms with Crippen molar-refractivity contribution in [3.8, 4) is 0 Å². The molecule has 0 aliphatic heterocycles. The smallest absolute Gasteiger partial charge is 0.271 e. The van der Waals surface area contributed by atoms with E-state index < -0.39 is 17.8 Å². The van der Waals surface area contributed by atoms with Crippen molar-refractivity contribution >= 4 is 0 Å². The fourth-order valence-corrected chi connectivity index (χ4v) is 2.05. The maximum absolute atomic E-state index is 13.1. The minimum Gasteiger partial charge on any atom is -0.271 e. The van der Waals surface area contributed by atoms with E-state index in [1.54, 1.807) is 19.2 Å². The molecule has 2 aromatic heterocycles. The Balaban J connectivity index is 2.57. The number of pyridine rings is 2. The van der Waals surface area contributed by atoms with E-state index in [0.29, 0.717) is 5.56 Å². The molecule has 4 nitrogen and oxygen atoms in total. The molecule has 0 saturated heterocycles. The van der Waals surface area contributed by atoms with Gasteiger partial charge in [0.1, 0.15) is 0 Å². The minimum atomic E-state index is -4.46. The van der Waals surface area contributed by atoms with E-state index in [1.165, 1.54) is 12.4 Å². The second-order valence-corrected chi connectivity index (χ2v) is 4.29. The summed E-state index contributed by atoms with van der Waals surface area (Å²) in [4.78, 5) is 7.69. The Hall–Kier alpha value is -1.99. The molecule has 7 heteroatoms. The van der Waals surface area contributed by atoms with Crippen LogP contribution in [0.3, 0.4) is 0 Å². The number of nitrogens with two attached hydrogens (primary N) is 1. The quantitative estimate of drug-likeness (QED) is 0.670. The van der Waals surface area contributed by atoms with Gasteiger partial charge in [0, 0.05) is 30.4 Å². The maximum Gasteiger partial charge on any atom is 0.416 e. The molecule has 1 unspecified atom stereocenters. The van der Waals surface area contributed by atoms with E-state index in [0.717, 1.165) is 17.8 Å². The molecule has 0 radical (unpaired) electrons. The molecule has 2 heterocycles.